The van der Waals surface area contributed by atoms with Gasteiger partial charge in [0.05, 0.1) is 6.61 Å². The van der Waals surface area contributed by atoms with Gasteiger partial charge < -0.3 is 14.7 Å². The third-order valence-electron chi connectivity index (χ3n) is 2.96. The number of hydrogen-bond donors (Lipinski definition) is 1. The highest BCUT2D eigenvalue weighted by Crippen LogP contribution is 2.31. The predicted molar refractivity (Wildman–Crippen MR) is 65.3 cm³/mol. The summed E-state index contributed by atoms with van der Waals surface area (Å²) in [7, 11) is 0. The van der Waals surface area contributed by atoms with Crippen molar-refractivity contribution in [2.45, 2.75) is 26.2 Å². The maximum Gasteiger partial charge on any atom is 0.161 e. The number of rotatable bonds is 3. The van der Waals surface area contributed by atoms with Crippen LogP contribution in [0.3, 0.4) is 0 Å². The van der Waals surface area contributed by atoms with E-state index >= 15 is 0 Å². The standard InChI is InChI=1S/C13H19NO2/c1-2-16-13-7-6-11(10-12(13)15)14-8-4-3-5-9-14/h6-7,10,15H,2-5,8-9H2,1H3. The summed E-state index contributed by atoms with van der Waals surface area (Å²) >= 11 is 0. The molecule has 3 nitrogen and oxygen atoms in total. The van der Waals surface area contributed by atoms with Crippen LogP contribution in [0.15, 0.2) is 18.2 Å². The second-order valence-corrected chi connectivity index (χ2v) is 4.13. The molecule has 0 aliphatic carbocycles. The monoisotopic (exact) mass is 221 g/mol. The third-order valence-corrected chi connectivity index (χ3v) is 2.96. The molecule has 1 aromatic carbocycles. The van der Waals surface area contributed by atoms with E-state index in [4.69, 9.17) is 4.74 Å². The molecule has 1 aliphatic rings. The van der Waals surface area contributed by atoms with Crippen molar-refractivity contribution in [1.82, 2.24) is 0 Å². The first-order chi connectivity index (χ1) is 7.81. The highest BCUT2D eigenvalue weighted by molar-refractivity contribution is 5.56. The summed E-state index contributed by atoms with van der Waals surface area (Å²) < 4.78 is 5.31. The molecule has 1 aliphatic heterocycles. The van der Waals surface area contributed by atoms with Crippen molar-refractivity contribution in [3.63, 3.8) is 0 Å². The van der Waals surface area contributed by atoms with E-state index < -0.39 is 0 Å². The van der Waals surface area contributed by atoms with Gasteiger partial charge in [-0.3, -0.25) is 0 Å². The van der Waals surface area contributed by atoms with Crippen molar-refractivity contribution < 1.29 is 9.84 Å². The molecule has 1 fully saturated rings. The van der Waals surface area contributed by atoms with Crippen LogP contribution in [0.25, 0.3) is 0 Å². The molecule has 1 aromatic rings. The molecule has 0 amide bonds. The first-order valence-corrected chi connectivity index (χ1v) is 6.02. The predicted octanol–water partition coefficient (Wildman–Crippen LogP) is 2.78. The number of piperidine rings is 1. The Bertz CT molecular complexity index is 346. The number of anilines is 1. The summed E-state index contributed by atoms with van der Waals surface area (Å²) in [6.07, 6.45) is 3.81. The van der Waals surface area contributed by atoms with Crippen LogP contribution in [0, 0.1) is 0 Å². The Balaban J connectivity index is 2.13. The lowest BCUT2D eigenvalue weighted by atomic mass is 10.1. The van der Waals surface area contributed by atoms with Gasteiger partial charge in [0.15, 0.2) is 11.5 Å². The second-order valence-electron chi connectivity index (χ2n) is 4.13. The van der Waals surface area contributed by atoms with E-state index in [1.807, 2.05) is 19.1 Å². The largest absolute Gasteiger partial charge is 0.504 e. The smallest absolute Gasteiger partial charge is 0.161 e. The number of nitrogens with zero attached hydrogens (tertiary/aromatic N) is 1. The number of phenolic OH excluding ortho intramolecular Hbond substituents is 1. The van der Waals surface area contributed by atoms with Gasteiger partial charge in [0.1, 0.15) is 0 Å². The number of ether oxygens (including phenoxy) is 1. The molecule has 0 spiro atoms. The average Bonchev–Trinajstić information content (AvgIpc) is 2.33. The Kier molecular flexibility index (Phi) is 3.54. The summed E-state index contributed by atoms with van der Waals surface area (Å²) in [4.78, 5) is 2.32. The topological polar surface area (TPSA) is 32.7 Å². The van der Waals surface area contributed by atoms with E-state index in [1.165, 1.54) is 19.3 Å². The fourth-order valence-electron chi connectivity index (χ4n) is 2.13. The highest BCUT2D eigenvalue weighted by Gasteiger charge is 2.12. The summed E-state index contributed by atoms with van der Waals surface area (Å²) in [5, 5.41) is 9.80. The number of aromatic hydroxyl groups is 1. The maximum atomic E-state index is 9.80. The van der Waals surface area contributed by atoms with Gasteiger partial charge in [-0.2, -0.15) is 0 Å². The highest BCUT2D eigenvalue weighted by atomic mass is 16.5. The van der Waals surface area contributed by atoms with Gasteiger partial charge in [0.25, 0.3) is 0 Å². The summed E-state index contributed by atoms with van der Waals surface area (Å²) in [6.45, 7) is 4.68. The normalized spacial score (nSPS) is 16.2. The van der Waals surface area contributed by atoms with E-state index in [2.05, 4.69) is 4.90 Å². The Labute approximate surface area is 96.6 Å². The molecule has 0 atom stereocenters. The fraction of sp³-hybridized carbons (Fsp3) is 0.538. The van der Waals surface area contributed by atoms with Crippen molar-refractivity contribution in [2.75, 3.05) is 24.6 Å². The lowest BCUT2D eigenvalue weighted by Crippen LogP contribution is -2.29. The lowest BCUT2D eigenvalue weighted by molar-refractivity contribution is 0.318. The first kappa shape index (κ1) is 11.1. The van der Waals surface area contributed by atoms with Gasteiger partial charge in [-0.05, 0) is 38.3 Å². The van der Waals surface area contributed by atoms with E-state index in [-0.39, 0.29) is 5.75 Å². The first-order valence-electron chi connectivity index (χ1n) is 6.02. The lowest BCUT2D eigenvalue weighted by Gasteiger charge is -2.29. The van der Waals surface area contributed by atoms with E-state index in [9.17, 15) is 5.11 Å². The molecule has 3 heteroatoms. The van der Waals surface area contributed by atoms with Crippen LogP contribution in [-0.4, -0.2) is 24.8 Å². The van der Waals surface area contributed by atoms with Gasteiger partial charge in [-0.25, -0.2) is 0 Å². The van der Waals surface area contributed by atoms with Crippen LogP contribution in [0.5, 0.6) is 11.5 Å². The van der Waals surface area contributed by atoms with Gasteiger partial charge in [-0.1, -0.05) is 0 Å². The molecular formula is C13H19NO2. The van der Waals surface area contributed by atoms with E-state index in [0.717, 1.165) is 18.8 Å². The molecule has 2 rings (SSSR count). The molecule has 0 radical (unpaired) electrons. The molecular weight excluding hydrogens is 202 g/mol. The third kappa shape index (κ3) is 2.40. The molecule has 0 saturated carbocycles. The SMILES string of the molecule is CCOc1ccc(N2CCCCC2)cc1O. The minimum atomic E-state index is 0.241. The van der Waals surface area contributed by atoms with Crippen LogP contribution < -0.4 is 9.64 Å². The van der Waals surface area contributed by atoms with Gasteiger partial charge >= 0.3 is 0 Å². The minimum Gasteiger partial charge on any atom is -0.504 e. The van der Waals surface area contributed by atoms with Crippen LogP contribution in [0.2, 0.25) is 0 Å². The average molecular weight is 221 g/mol. The number of phenols is 1. The van der Waals surface area contributed by atoms with Crippen molar-refractivity contribution in [1.29, 1.82) is 0 Å². The summed E-state index contributed by atoms with van der Waals surface area (Å²) in [6, 6.07) is 5.68. The Morgan fingerprint density at radius 1 is 1.25 bits per heavy atom. The Hall–Kier alpha value is -1.38. The molecule has 0 bridgehead atoms. The molecule has 1 heterocycles. The molecule has 1 saturated heterocycles. The minimum absolute atomic E-state index is 0.241. The van der Waals surface area contributed by atoms with Gasteiger partial charge in [-0.15, -0.1) is 0 Å². The van der Waals surface area contributed by atoms with Crippen molar-refractivity contribution in [2.24, 2.45) is 0 Å². The molecule has 0 aromatic heterocycles. The van der Waals surface area contributed by atoms with Gasteiger partial charge in [0.2, 0.25) is 0 Å². The van der Waals surface area contributed by atoms with Crippen molar-refractivity contribution in [3.05, 3.63) is 18.2 Å². The van der Waals surface area contributed by atoms with E-state index in [1.54, 1.807) is 6.07 Å². The van der Waals surface area contributed by atoms with Crippen LogP contribution in [-0.2, 0) is 0 Å². The zero-order valence-corrected chi connectivity index (χ0v) is 9.78. The van der Waals surface area contributed by atoms with Gasteiger partial charge in [0, 0.05) is 24.8 Å². The molecule has 16 heavy (non-hydrogen) atoms. The maximum absolute atomic E-state index is 9.80. The van der Waals surface area contributed by atoms with Crippen molar-refractivity contribution in [3.8, 4) is 11.5 Å². The van der Waals surface area contributed by atoms with Crippen molar-refractivity contribution >= 4 is 5.69 Å². The number of benzene rings is 1. The zero-order valence-electron chi connectivity index (χ0n) is 9.78. The second kappa shape index (κ2) is 5.10. The van der Waals surface area contributed by atoms with Crippen LogP contribution >= 0.6 is 0 Å². The molecule has 88 valence electrons. The molecule has 1 N–H and O–H groups in total. The molecule has 0 unspecified atom stereocenters. The Morgan fingerprint density at radius 3 is 2.62 bits per heavy atom. The number of hydrogen-bond acceptors (Lipinski definition) is 3. The quantitative estimate of drug-likeness (QED) is 0.852. The fourth-order valence-corrected chi connectivity index (χ4v) is 2.13. The Morgan fingerprint density at radius 2 is 2.00 bits per heavy atom. The summed E-state index contributed by atoms with van der Waals surface area (Å²) in [5.41, 5.74) is 1.10. The van der Waals surface area contributed by atoms with Crippen LogP contribution in [0.1, 0.15) is 26.2 Å². The zero-order chi connectivity index (χ0) is 11.4. The summed E-state index contributed by atoms with van der Waals surface area (Å²) in [5.74, 6) is 0.813. The van der Waals surface area contributed by atoms with Crippen LogP contribution in [0.4, 0.5) is 5.69 Å². The van der Waals surface area contributed by atoms with E-state index in [0.29, 0.717) is 12.4 Å².